The van der Waals surface area contributed by atoms with Crippen molar-refractivity contribution >= 4 is 0 Å². The molecule has 0 aliphatic carbocycles. The minimum atomic E-state index is -0.263. The molecule has 2 unspecified atom stereocenters. The largest absolute Gasteiger partial charge is 0.394 e. The number of rotatable bonds is 8. The van der Waals surface area contributed by atoms with Crippen molar-refractivity contribution in [3.05, 3.63) is 0 Å². The van der Waals surface area contributed by atoms with Crippen molar-refractivity contribution in [1.29, 1.82) is 0 Å². The quantitative estimate of drug-likeness (QED) is 0.463. The van der Waals surface area contributed by atoms with E-state index in [0.717, 1.165) is 13.0 Å². The molecule has 0 amide bonds. The molecule has 0 aliphatic rings. The zero-order valence-corrected chi connectivity index (χ0v) is 8.49. The second-order valence-corrected chi connectivity index (χ2v) is 3.28. The van der Waals surface area contributed by atoms with Gasteiger partial charge in [-0.15, -0.1) is 0 Å². The smallest absolute Gasteiger partial charge is 0.0698 e. The molecule has 4 nitrogen and oxygen atoms in total. The molecule has 0 spiro atoms. The molecule has 0 fully saturated rings. The summed E-state index contributed by atoms with van der Waals surface area (Å²) in [5, 5.41) is 20.7. The molecule has 0 bridgehead atoms. The summed E-state index contributed by atoms with van der Waals surface area (Å²) in [7, 11) is 0. The van der Waals surface area contributed by atoms with E-state index in [1.807, 2.05) is 6.92 Å². The van der Waals surface area contributed by atoms with Crippen molar-refractivity contribution in [2.24, 2.45) is 0 Å². The van der Waals surface area contributed by atoms with E-state index >= 15 is 0 Å². The first-order valence-electron chi connectivity index (χ1n) is 4.77. The van der Waals surface area contributed by atoms with Gasteiger partial charge in [-0.3, -0.25) is 0 Å². The van der Waals surface area contributed by atoms with Gasteiger partial charge in [0.25, 0.3) is 0 Å². The van der Waals surface area contributed by atoms with Crippen molar-refractivity contribution in [3.63, 3.8) is 0 Å². The lowest BCUT2D eigenvalue weighted by molar-refractivity contribution is 0.0912. The van der Waals surface area contributed by atoms with Crippen molar-refractivity contribution in [1.82, 2.24) is 5.32 Å². The van der Waals surface area contributed by atoms with E-state index in [9.17, 15) is 0 Å². The predicted octanol–water partition coefficient (Wildman–Crippen LogP) is -0.256. The van der Waals surface area contributed by atoms with Crippen LogP contribution in [-0.4, -0.2) is 48.7 Å². The van der Waals surface area contributed by atoms with Gasteiger partial charge in [-0.2, -0.15) is 0 Å². The van der Waals surface area contributed by atoms with Crippen molar-refractivity contribution in [2.45, 2.75) is 32.4 Å². The number of aliphatic hydroxyl groups excluding tert-OH is 2. The maximum absolute atomic E-state index is 9.06. The van der Waals surface area contributed by atoms with Gasteiger partial charge >= 0.3 is 0 Å². The SMILES string of the molecule is CC(O)CC(C)NCCOCCO. The summed E-state index contributed by atoms with van der Waals surface area (Å²) in [5.74, 6) is 0. The van der Waals surface area contributed by atoms with Crippen LogP contribution in [0.2, 0.25) is 0 Å². The summed E-state index contributed by atoms with van der Waals surface area (Å²) < 4.78 is 5.06. The first kappa shape index (κ1) is 12.8. The fraction of sp³-hybridized carbons (Fsp3) is 1.00. The van der Waals surface area contributed by atoms with Gasteiger partial charge in [0.2, 0.25) is 0 Å². The Hall–Kier alpha value is -0.160. The third kappa shape index (κ3) is 9.76. The first-order chi connectivity index (χ1) is 6.16. The lowest BCUT2D eigenvalue weighted by Crippen LogP contribution is -2.32. The van der Waals surface area contributed by atoms with Gasteiger partial charge < -0.3 is 20.3 Å². The second-order valence-electron chi connectivity index (χ2n) is 3.28. The molecule has 0 radical (unpaired) electrons. The Labute approximate surface area is 79.9 Å². The third-order valence-electron chi connectivity index (χ3n) is 1.67. The molecule has 80 valence electrons. The maximum atomic E-state index is 9.06. The van der Waals surface area contributed by atoms with Crippen LogP contribution in [0.5, 0.6) is 0 Å². The molecule has 0 aromatic heterocycles. The normalized spacial score (nSPS) is 15.7. The van der Waals surface area contributed by atoms with E-state index in [-0.39, 0.29) is 12.7 Å². The van der Waals surface area contributed by atoms with E-state index in [4.69, 9.17) is 14.9 Å². The zero-order valence-electron chi connectivity index (χ0n) is 8.49. The number of hydrogen-bond donors (Lipinski definition) is 3. The highest BCUT2D eigenvalue weighted by Crippen LogP contribution is 1.95. The number of hydrogen-bond acceptors (Lipinski definition) is 4. The van der Waals surface area contributed by atoms with Crippen LogP contribution in [-0.2, 0) is 4.74 Å². The van der Waals surface area contributed by atoms with Crippen LogP contribution in [0.3, 0.4) is 0 Å². The summed E-state index contributed by atoms with van der Waals surface area (Å²) in [6.45, 7) is 5.63. The molecule has 0 aromatic carbocycles. The molecule has 2 atom stereocenters. The van der Waals surface area contributed by atoms with E-state index in [0.29, 0.717) is 19.3 Å². The van der Waals surface area contributed by atoms with Crippen LogP contribution < -0.4 is 5.32 Å². The monoisotopic (exact) mass is 191 g/mol. The van der Waals surface area contributed by atoms with Crippen molar-refractivity contribution in [2.75, 3.05) is 26.4 Å². The van der Waals surface area contributed by atoms with Crippen LogP contribution in [0.25, 0.3) is 0 Å². The van der Waals surface area contributed by atoms with E-state index in [1.165, 1.54) is 0 Å². The summed E-state index contributed by atoms with van der Waals surface area (Å²) in [5.41, 5.74) is 0. The highest BCUT2D eigenvalue weighted by molar-refractivity contribution is 4.63. The maximum Gasteiger partial charge on any atom is 0.0698 e. The highest BCUT2D eigenvalue weighted by Gasteiger charge is 2.03. The van der Waals surface area contributed by atoms with Gasteiger partial charge in [-0.05, 0) is 20.3 Å². The van der Waals surface area contributed by atoms with Gasteiger partial charge in [-0.25, -0.2) is 0 Å². The van der Waals surface area contributed by atoms with Gasteiger partial charge in [0.15, 0.2) is 0 Å². The van der Waals surface area contributed by atoms with Crippen molar-refractivity contribution < 1.29 is 14.9 Å². The van der Waals surface area contributed by atoms with Crippen LogP contribution in [0.4, 0.5) is 0 Å². The predicted molar refractivity (Wildman–Crippen MR) is 51.7 cm³/mol. The Morgan fingerprint density at radius 2 is 2.00 bits per heavy atom. The highest BCUT2D eigenvalue weighted by atomic mass is 16.5. The fourth-order valence-electron chi connectivity index (χ4n) is 1.14. The summed E-state index contributed by atoms with van der Waals surface area (Å²) in [6, 6.07) is 0.303. The zero-order chi connectivity index (χ0) is 10.1. The Morgan fingerprint density at radius 1 is 1.31 bits per heavy atom. The summed E-state index contributed by atoms with van der Waals surface area (Å²) >= 11 is 0. The molecule has 4 heteroatoms. The van der Waals surface area contributed by atoms with Gasteiger partial charge in [-0.1, -0.05) is 0 Å². The lowest BCUT2D eigenvalue weighted by Gasteiger charge is -2.15. The topological polar surface area (TPSA) is 61.7 Å². The van der Waals surface area contributed by atoms with Crippen molar-refractivity contribution in [3.8, 4) is 0 Å². The molecular weight excluding hydrogens is 170 g/mol. The molecule has 0 heterocycles. The van der Waals surface area contributed by atoms with Crippen LogP contribution in [0.1, 0.15) is 20.3 Å². The molecule has 0 aromatic rings. The van der Waals surface area contributed by atoms with E-state index in [2.05, 4.69) is 5.32 Å². The third-order valence-corrected chi connectivity index (χ3v) is 1.67. The average Bonchev–Trinajstić information content (AvgIpc) is 2.02. The fourth-order valence-corrected chi connectivity index (χ4v) is 1.14. The Bertz CT molecular complexity index is 109. The summed E-state index contributed by atoms with van der Waals surface area (Å²) in [4.78, 5) is 0. The molecule has 0 saturated heterocycles. The summed E-state index contributed by atoms with van der Waals surface area (Å²) in [6.07, 6.45) is 0.487. The van der Waals surface area contributed by atoms with Crippen LogP contribution in [0, 0.1) is 0 Å². The molecule has 0 aliphatic heterocycles. The van der Waals surface area contributed by atoms with Gasteiger partial charge in [0, 0.05) is 12.6 Å². The minimum Gasteiger partial charge on any atom is -0.394 e. The molecule has 0 saturated carbocycles. The molecule has 0 rings (SSSR count). The van der Waals surface area contributed by atoms with Crippen LogP contribution in [0.15, 0.2) is 0 Å². The Balaban J connectivity index is 3.12. The number of nitrogens with one attached hydrogen (secondary N) is 1. The standard InChI is InChI=1S/C9H21NO3/c1-8(7-9(2)12)10-3-5-13-6-4-11/h8-12H,3-7H2,1-2H3. The minimum absolute atomic E-state index is 0.0726. The molecule has 3 N–H and O–H groups in total. The van der Waals surface area contributed by atoms with E-state index in [1.54, 1.807) is 6.92 Å². The second kappa shape index (κ2) is 8.44. The van der Waals surface area contributed by atoms with Crippen LogP contribution >= 0.6 is 0 Å². The van der Waals surface area contributed by atoms with Gasteiger partial charge in [0.1, 0.15) is 0 Å². The Morgan fingerprint density at radius 3 is 2.54 bits per heavy atom. The lowest BCUT2D eigenvalue weighted by atomic mass is 10.1. The van der Waals surface area contributed by atoms with Gasteiger partial charge in [0.05, 0.1) is 25.9 Å². The number of ether oxygens (including phenoxy) is 1. The molecule has 13 heavy (non-hydrogen) atoms. The average molecular weight is 191 g/mol. The first-order valence-corrected chi connectivity index (χ1v) is 4.77. The molecular formula is C9H21NO3. The van der Waals surface area contributed by atoms with E-state index < -0.39 is 0 Å². The number of aliphatic hydroxyl groups is 2. The Kier molecular flexibility index (Phi) is 8.33.